The number of carboxylic acids is 1. The fourth-order valence-corrected chi connectivity index (χ4v) is 3.32. The Labute approximate surface area is 132 Å². The van der Waals surface area contributed by atoms with E-state index in [0.29, 0.717) is 0 Å². The van der Waals surface area contributed by atoms with Gasteiger partial charge in [0.15, 0.2) is 5.16 Å². The smallest absolute Gasteiger partial charge is 0.313 e. The van der Waals surface area contributed by atoms with E-state index in [-0.39, 0.29) is 11.2 Å². The van der Waals surface area contributed by atoms with Gasteiger partial charge >= 0.3 is 5.97 Å². The van der Waals surface area contributed by atoms with Crippen molar-refractivity contribution in [1.29, 1.82) is 0 Å². The SMILES string of the molecule is CC(C)(C)c1cnc(SCC(=O)O)n1CCc1cscn1. The van der Waals surface area contributed by atoms with Gasteiger partial charge < -0.3 is 9.67 Å². The van der Waals surface area contributed by atoms with Gasteiger partial charge in [-0.2, -0.15) is 0 Å². The summed E-state index contributed by atoms with van der Waals surface area (Å²) in [5, 5.41) is 11.6. The molecule has 0 fully saturated rings. The average Bonchev–Trinajstić information content (AvgIpc) is 3.02. The van der Waals surface area contributed by atoms with Crippen LogP contribution in [-0.4, -0.2) is 31.4 Å². The molecular weight excluding hydrogens is 306 g/mol. The van der Waals surface area contributed by atoms with Crippen molar-refractivity contribution in [2.24, 2.45) is 0 Å². The van der Waals surface area contributed by atoms with Crippen molar-refractivity contribution in [2.75, 3.05) is 5.75 Å². The van der Waals surface area contributed by atoms with Crippen LogP contribution in [-0.2, 0) is 23.2 Å². The number of hydrogen-bond acceptors (Lipinski definition) is 5. The molecule has 0 aliphatic heterocycles. The number of rotatable bonds is 6. The molecule has 0 saturated heterocycles. The summed E-state index contributed by atoms with van der Waals surface area (Å²) in [6.07, 6.45) is 2.68. The van der Waals surface area contributed by atoms with Crippen LogP contribution in [0.4, 0.5) is 0 Å². The zero-order valence-corrected chi connectivity index (χ0v) is 14.0. The van der Waals surface area contributed by atoms with Crippen LogP contribution in [0.1, 0.15) is 32.2 Å². The molecule has 2 aromatic rings. The normalized spacial score (nSPS) is 11.8. The first-order valence-corrected chi connectivity index (χ1v) is 8.58. The van der Waals surface area contributed by atoms with Gasteiger partial charge in [0.25, 0.3) is 0 Å². The molecule has 0 aliphatic rings. The molecule has 5 nitrogen and oxygen atoms in total. The van der Waals surface area contributed by atoms with E-state index in [1.807, 2.05) is 17.1 Å². The second-order valence-corrected chi connectivity index (χ2v) is 7.40. The molecule has 0 unspecified atom stereocenters. The predicted octanol–water partition coefficient (Wildman–Crippen LogP) is 3.06. The molecule has 1 N–H and O–H groups in total. The maximum absolute atomic E-state index is 10.8. The largest absolute Gasteiger partial charge is 0.481 e. The van der Waals surface area contributed by atoms with Crippen LogP contribution < -0.4 is 0 Å². The topological polar surface area (TPSA) is 68.0 Å². The summed E-state index contributed by atoms with van der Waals surface area (Å²) in [5.41, 5.74) is 3.97. The zero-order valence-electron chi connectivity index (χ0n) is 12.4. The van der Waals surface area contributed by atoms with E-state index in [2.05, 4.69) is 35.3 Å². The van der Waals surface area contributed by atoms with Crippen molar-refractivity contribution < 1.29 is 9.90 Å². The zero-order chi connectivity index (χ0) is 15.5. The van der Waals surface area contributed by atoms with Crippen molar-refractivity contribution >= 4 is 29.1 Å². The predicted molar refractivity (Wildman–Crippen MR) is 85.1 cm³/mol. The van der Waals surface area contributed by atoms with E-state index < -0.39 is 5.97 Å². The Morgan fingerprint density at radius 1 is 1.43 bits per heavy atom. The fraction of sp³-hybridized carbons (Fsp3) is 0.500. The lowest BCUT2D eigenvalue weighted by atomic mass is 9.92. The number of nitrogens with zero attached hydrogens (tertiary/aromatic N) is 3. The van der Waals surface area contributed by atoms with E-state index in [1.54, 1.807) is 11.3 Å². The van der Waals surface area contributed by atoms with Gasteiger partial charge in [-0.3, -0.25) is 4.79 Å². The summed E-state index contributed by atoms with van der Waals surface area (Å²) in [6.45, 7) is 7.16. The van der Waals surface area contributed by atoms with Gasteiger partial charge in [-0.25, -0.2) is 9.97 Å². The third-order valence-corrected chi connectivity index (χ3v) is 4.60. The first-order valence-electron chi connectivity index (χ1n) is 6.65. The summed E-state index contributed by atoms with van der Waals surface area (Å²) >= 11 is 2.85. The van der Waals surface area contributed by atoms with Gasteiger partial charge in [0.05, 0.1) is 17.0 Å². The number of aliphatic carboxylic acids is 1. The minimum absolute atomic E-state index is 0.0251. The van der Waals surface area contributed by atoms with Gasteiger partial charge in [-0.15, -0.1) is 11.3 Å². The van der Waals surface area contributed by atoms with Gasteiger partial charge in [-0.05, 0) is 0 Å². The highest BCUT2D eigenvalue weighted by atomic mass is 32.2. The highest BCUT2D eigenvalue weighted by Gasteiger charge is 2.22. The van der Waals surface area contributed by atoms with Gasteiger partial charge in [0, 0.05) is 35.7 Å². The highest BCUT2D eigenvalue weighted by molar-refractivity contribution is 7.99. The van der Waals surface area contributed by atoms with Gasteiger partial charge in [0.1, 0.15) is 0 Å². The van der Waals surface area contributed by atoms with Gasteiger partial charge in [-0.1, -0.05) is 32.5 Å². The average molecular weight is 325 g/mol. The Kier molecular flexibility index (Phi) is 5.05. The van der Waals surface area contributed by atoms with Crippen LogP contribution in [0.3, 0.4) is 0 Å². The summed E-state index contributed by atoms with van der Waals surface area (Å²) in [5.74, 6) is -0.802. The second-order valence-electron chi connectivity index (χ2n) is 5.74. The van der Waals surface area contributed by atoms with Crippen LogP contribution in [0.5, 0.6) is 0 Å². The minimum Gasteiger partial charge on any atom is -0.481 e. The number of carboxylic acid groups (broad SMARTS) is 1. The maximum atomic E-state index is 10.8. The molecule has 7 heteroatoms. The van der Waals surface area contributed by atoms with Crippen LogP contribution >= 0.6 is 23.1 Å². The lowest BCUT2D eigenvalue weighted by molar-refractivity contribution is -0.133. The molecule has 0 radical (unpaired) electrons. The first kappa shape index (κ1) is 16.0. The number of aromatic nitrogens is 3. The highest BCUT2D eigenvalue weighted by Crippen LogP contribution is 2.27. The quantitative estimate of drug-likeness (QED) is 0.827. The second kappa shape index (κ2) is 6.62. The van der Waals surface area contributed by atoms with E-state index in [9.17, 15) is 4.79 Å². The third kappa shape index (κ3) is 4.31. The van der Waals surface area contributed by atoms with Gasteiger partial charge in [0.2, 0.25) is 0 Å². The molecular formula is C14H19N3O2S2. The number of carbonyl (C=O) groups is 1. The van der Waals surface area contributed by atoms with E-state index >= 15 is 0 Å². The number of imidazole rings is 1. The summed E-state index contributed by atoms with van der Waals surface area (Å²) < 4.78 is 2.12. The minimum atomic E-state index is -0.827. The molecule has 2 aromatic heterocycles. The summed E-state index contributed by atoms with van der Waals surface area (Å²) in [7, 11) is 0. The van der Waals surface area contributed by atoms with Crippen LogP contribution in [0.25, 0.3) is 0 Å². The van der Waals surface area contributed by atoms with Crippen LogP contribution in [0.2, 0.25) is 0 Å². The maximum Gasteiger partial charge on any atom is 0.313 e. The Balaban J connectivity index is 2.20. The van der Waals surface area contributed by atoms with Crippen molar-refractivity contribution in [2.45, 2.75) is 44.3 Å². The lowest BCUT2D eigenvalue weighted by Crippen LogP contribution is -2.19. The molecule has 21 heavy (non-hydrogen) atoms. The molecule has 0 spiro atoms. The molecule has 0 aromatic carbocycles. The molecule has 0 aliphatic carbocycles. The summed E-state index contributed by atoms with van der Waals surface area (Å²) in [6, 6.07) is 0. The molecule has 2 heterocycles. The van der Waals surface area contributed by atoms with Crippen LogP contribution in [0.15, 0.2) is 22.2 Å². The van der Waals surface area contributed by atoms with Crippen molar-refractivity contribution in [1.82, 2.24) is 14.5 Å². The van der Waals surface area contributed by atoms with Crippen molar-refractivity contribution in [3.63, 3.8) is 0 Å². The molecule has 0 saturated carbocycles. The Morgan fingerprint density at radius 2 is 2.19 bits per heavy atom. The van der Waals surface area contributed by atoms with Crippen molar-refractivity contribution in [3.8, 4) is 0 Å². The number of aryl methyl sites for hydroxylation is 1. The number of hydrogen-bond donors (Lipinski definition) is 1. The molecule has 0 bridgehead atoms. The molecule has 0 amide bonds. The Bertz CT molecular complexity index is 600. The molecule has 2 rings (SSSR count). The Morgan fingerprint density at radius 3 is 2.76 bits per heavy atom. The third-order valence-electron chi connectivity index (χ3n) is 2.99. The van der Waals surface area contributed by atoms with E-state index in [4.69, 9.17) is 5.11 Å². The van der Waals surface area contributed by atoms with E-state index in [0.717, 1.165) is 29.5 Å². The first-order chi connectivity index (χ1) is 9.88. The summed E-state index contributed by atoms with van der Waals surface area (Å²) in [4.78, 5) is 19.5. The van der Waals surface area contributed by atoms with Crippen molar-refractivity contribution in [3.05, 3.63) is 28.5 Å². The standard InChI is InChI=1S/C14H19N3O2S2/c1-14(2,3)11-6-15-13(21-8-12(18)19)17(11)5-4-10-7-20-9-16-10/h6-7,9H,4-5,8H2,1-3H3,(H,18,19). The molecule has 114 valence electrons. The molecule has 0 atom stereocenters. The fourth-order valence-electron chi connectivity index (χ4n) is 2.00. The van der Waals surface area contributed by atoms with E-state index in [1.165, 1.54) is 11.8 Å². The number of thioether (sulfide) groups is 1. The lowest BCUT2D eigenvalue weighted by Gasteiger charge is -2.21. The number of thiazole rings is 1. The Hall–Kier alpha value is -1.34. The van der Waals surface area contributed by atoms with Crippen LogP contribution in [0, 0.1) is 0 Å². The monoisotopic (exact) mass is 325 g/mol.